The summed E-state index contributed by atoms with van der Waals surface area (Å²) in [5.41, 5.74) is 0.268. The molecule has 0 saturated carbocycles. The number of nitrogens with one attached hydrogen (secondary N) is 2. The molecule has 25 heavy (non-hydrogen) atoms. The number of methoxy groups -OCH3 is 1. The van der Waals surface area contributed by atoms with Crippen LogP contribution >= 0.6 is 35.4 Å². The van der Waals surface area contributed by atoms with Gasteiger partial charge in [0.15, 0.2) is 10.9 Å². The molecule has 0 bridgehead atoms. The molecule has 0 unspecified atom stereocenters. The second-order valence-corrected chi connectivity index (χ2v) is 5.90. The van der Waals surface area contributed by atoms with Gasteiger partial charge in [0.2, 0.25) is 0 Å². The first-order chi connectivity index (χ1) is 11.8. The molecule has 2 aromatic rings. The smallest absolute Gasteiger partial charge is 0.311 e. The summed E-state index contributed by atoms with van der Waals surface area (Å²) in [7, 11) is 1.30. The molecule has 1 amide bonds. The van der Waals surface area contributed by atoms with Crippen molar-refractivity contribution in [1.29, 1.82) is 0 Å². The molecule has 0 radical (unpaired) electrons. The lowest BCUT2D eigenvalue weighted by Gasteiger charge is -2.10. The van der Waals surface area contributed by atoms with Gasteiger partial charge >= 0.3 is 5.69 Å². The number of benzene rings is 2. The van der Waals surface area contributed by atoms with E-state index in [0.717, 1.165) is 6.07 Å². The first kappa shape index (κ1) is 18.9. The van der Waals surface area contributed by atoms with E-state index in [2.05, 4.69) is 10.6 Å². The first-order valence-corrected chi connectivity index (χ1v) is 7.88. The van der Waals surface area contributed by atoms with Gasteiger partial charge in [-0.25, -0.2) is 0 Å². The van der Waals surface area contributed by atoms with E-state index in [0.29, 0.717) is 15.7 Å². The topological polar surface area (TPSA) is 93.5 Å². The number of halogens is 2. The number of amides is 1. The molecule has 2 N–H and O–H groups in total. The number of carbonyl (C=O) groups is 1. The highest BCUT2D eigenvalue weighted by molar-refractivity contribution is 7.80. The van der Waals surface area contributed by atoms with Crippen LogP contribution in [0, 0.1) is 10.1 Å². The van der Waals surface area contributed by atoms with Gasteiger partial charge in [0.05, 0.1) is 22.1 Å². The largest absolute Gasteiger partial charge is 0.490 e. The Labute approximate surface area is 158 Å². The maximum atomic E-state index is 12.2. The van der Waals surface area contributed by atoms with E-state index in [-0.39, 0.29) is 22.1 Å². The first-order valence-electron chi connectivity index (χ1n) is 6.71. The van der Waals surface area contributed by atoms with Gasteiger partial charge in [-0.05, 0) is 42.5 Å². The van der Waals surface area contributed by atoms with Gasteiger partial charge < -0.3 is 10.1 Å². The zero-order chi connectivity index (χ0) is 18.6. The van der Waals surface area contributed by atoms with Gasteiger partial charge in [0, 0.05) is 17.3 Å². The Morgan fingerprint density at radius 3 is 2.52 bits per heavy atom. The number of nitro groups is 1. The molecule has 2 rings (SSSR count). The molecule has 7 nitrogen and oxygen atoms in total. The minimum absolute atomic E-state index is 0.00172. The molecule has 0 atom stereocenters. The Morgan fingerprint density at radius 2 is 1.92 bits per heavy atom. The fraction of sp³-hybridized carbons (Fsp3) is 0.0667. The number of carbonyl (C=O) groups excluding carboxylic acids is 1. The Morgan fingerprint density at radius 1 is 1.20 bits per heavy atom. The molecule has 0 aromatic heterocycles. The standard InChI is InChI=1S/C15H11Cl2N3O4S/c1-24-13-5-2-8(6-12(13)20(22)23)14(21)19-15(25)18-9-3-4-10(16)11(17)7-9/h2-7H,1H3,(H2,18,19,21,25). The van der Waals surface area contributed by atoms with Crippen molar-refractivity contribution in [2.45, 2.75) is 0 Å². The molecule has 0 fully saturated rings. The molecule has 10 heteroatoms. The summed E-state index contributed by atoms with van der Waals surface area (Å²) in [5, 5.41) is 16.9. The third-order valence-corrected chi connectivity index (χ3v) is 3.99. The number of nitro benzene ring substituents is 1. The van der Waals surface area contributed by atoms with Crippen LogP contribution in [0.3, 0.4) is 0 Å². The van der Waals surface area contributed by atoms with E-state index in [1.807, 2.05) is 0 Å². The van der Waals surface area contributed by atoms with E-state index in [9.17, 15) is 14.9 Å². The van der Waals surface area contributed by atoms with Crippen molar-refractivity contribution in [3.05, 3.63) is 62.1 Å². The van der Waals surface area contributed by atoms with Gasteiger partial charge in [-0.15, -0.1) is 0 Å². The van der Waals surface area contributed by atoms with Gasteiger partial charge in [-0.1, -0.05) is 23.2 Å². The molecule has 0 heterocycles. The average Bonchev–Trinajstić information content (AvgIpc) is 2.57. The van der Waals surface area contributed by atoms with Crippen LogP contribution in [-0.4, -0.2) is 23.1 Å². The van der Waals surface area contributed by atoms with Crippen LogP contribution in [0.4, 0.5) is 11.4 Å². The highest BCUT2D eigenvalue weighted by atomic mass is 35.5. The minimum atomic E-state index is -0.637. The molecular formula is C15H11Cl2N3O4S. The average molecular weight is 400 g/mol. The van der Waals surface area contributed by atoms with Crippen LogP contribution in [0.25, 0.3) is 0 Å². The SMILES string of the molecule is COc1ccc(C(=O)NC(=S)Nc2ccc(Cl)c(Cl)c2)cc1[N+](=O)[O-]. The second kappa shape index (κ2) is 8.11. The van der Waals surface area contributed by atoms with E-state index < -0.39 is 10.8 Å². The lowest BCUT2D eigenvalue weighted by atomic mass is 10.2. The van der Waals surface area contributed by atoms with E-state index in [1.54, 1.807) is 18.2 Å². The molecule has 0 spiro atoms. The minimum Gasteiger partial charge on any atom is -0.490 e. The summed E-state index contributed by atoms with van der Waals surface area (Å²) in [6.07, 6.45) is 0. The van der Waals surface area contributed by atoms with E-state index in [4.69, 9.17) is 40.2 Å². The highest BCUT2D eigenvalue weighted by Crippen LogP contribution is 2.27. The van der Waals surface area contributed by atoms with E-state index in [1.165, 1.54) is 19.2 Å². The van der Waals surface area contributed by atoms with Crippen molar-refractivity contribution >= 4 is 57.8 Å². The molecule has 0 saturated heterocycles. The number of nitrogens with zero attached hydrogens (tertiary/aromatic N) is 1. The fourth-order valence-electron chi connectivity index (χ4n) is 1.89. The highest BCUT2D eigenvalue weighted by Gasteiger charge is 2.18. The molecular weight excluding hydrogens is 389 g/mol. The van der Waals surface area contributed by atoms with Crippen LogP contribution in [-0.2, 0) is 0 Å². The second-order valence-electron chi connectivity index (χ2n) is 4.68. The lowest BCUT2D eigenvalue weighted by molar-refractivity contribution is -0.385. The van der Waals surface area contributed by atoms with Crippen molar-refractivity contribution in [2.24, 2.45) is 0 Å². The van der Waals surface area contributed by atoms with Crippen molar-refractivity contribution < 1.29 is 14.5 Å². The number of ether oxygens (including phenoxy) is 1. The summed E-state index contributed by atoms with van der Waals surface area (Å²) >= 11 is 16.8. The van der Waals surface area contributed by atoms with Gasteiger partial charge in [-0.3, -0.25) is 20.2 Å². The normalized spacial score (nSPS) is 10.0. The molecule has 130 valence electrons. The summed E-state index contributed by atoms with van der Waals surface area (Å²) in [6, 6.07) is 8.58. The Bertz CT molecular complexity index is 861. The van der Waals surface area contributed by atoms with E-state index >= 15 is 0 Å². The molecule has 0 aliphatic rings. The Balaban J connectivity index is 2.10. The summed E-state index contributed by atoms with van der Waals surface area (Å²) in [4.78, 5) is 22.6. The zero-order valence-corrected chi connectivity index (χ0v) is 15.0. The quantitative estimate of drug-likeness (QED) is 0.457. The van der Waals surface area contributed by atoms with Crippen LogP contribution in [0.1, 0.15) is 10.4 Å². The number of hydrogen-bond donors (Lipinski definition) is 2. The van der Waals surface area contributed by atoms with Crippen LogP contribution in [0.15, 0.2) is 36.4 Å². The number of hydrogen-bond acceptors (Lipinski definition) is 5. The van der Waals surface area contributed by atoms with Crippen molar-refractivity contribution in [2.75, 3.05) is 12.4 Å². The zero-order valence-electron chi connectivity index (χ0n) is 12.7. The summed E-state index contributed by atoms with van der Waals surface area (Å²) in [5.74, 6) is -0.554. The van der Waals surface area contributed by atoms with Gasteiger partial charge in [0.25, 0.3) is 5.91 Å². The third-order valence-electron chi connectivity index (χ3n) is 3.04. The maximum absolute atomic E-state index is 12.2. The molecule has 2 aromatic carbocycles. The molecule has 0 aliphatic heterocycles. The van der Waals surface area contributed by atoms with Crippen LogP contribution < -0.4 is 15.4 Å². The fourth-order valence-corrected chi connectivity index (χ4v) is 2.39. The maximum Gasteiger partial charge on any atom is 0.311 e. The molecule has 0 aliphatic carbocycles. The Hall–Kier alpha value is -2.42. The summed E-state index contributed by atoms with van der Waals surface area (Å²) < 4.78 is 4.89. The predicted octanol–water partition coefficient (Wildman–Crippen LogP) is 4.04. The van der Waals surface area contributed by atoms with Gasteiger partial charge in [-0.2, -0.15) is 0 Å². The van der Waals surface area contributed by atoms with Crippen molar-refractivity contribution in [3.8, 4) is 5.75 Å². The number of anilines is 1. The van der Waals surface area contributed by atoms with Crippen LogP contribution in [0.5, 0.6) is 5.75 Å². The van der Waals surface area contributed by atoms with Crippen molar-refractivity contribution in [1.82, 2.24) is 5.32 Å². The van der Waals surface area contributed by atoms with Crippen molar-refractivity contribution in [3.63, 3.8) is 0 Å². The number of rotatable bonds is 4. The summed E-state index contributed by atoms with van der Waals surface area (Å²) in [6.45, 7) is 0. The predicted molar refractivity (Wildman–Crippen MR) is 99.8 cm³/mol. The monoisotopic (exact) mass is 399 g/mol. The van der Waals surface area contributed by atoms with Gasteiger partial charge in [0.1, 0.15) is 0 Å². The number of thiocarbonyl (C=S) groups is 1. The lowest BCUT2D eigenvalue weighted by Crippen LogP contribution is -2.34. The Kier molecular flexibility index (Phi) is 6.13. The third kappa shape index (κ3) is 4.79. The van der Waals surface area contributed by atoms with Crippen LogP contribution in [0.2, 0.25) is 10.0 Å².